The number of amides is 1. The quantitative estimate of drug-likeness (QED) is 0.433. The molecule has 128 valence electrons. The van der Waals surface area contributed by atoms with E-state index in [4.69, 9.17) is 23.2 Å². The minimum Gasteiger partial charge on any atom is -0.296 e. The molecule has 0 spiro atoms. The Bertz CT molecular complexity index is 914. The Morgan fingerprint density at radius 3 is 2.76 bits per heavy atom. The molecule has 0 unspecified atom stereocenters. The third kappa shape index (κ3) is 4.73. The first kappa shape index (κ1) is 18.2. The van der Waals surface area contributed by atoms with Crippen molar-refractivity contribution in [1.29, 1.82) is 0 Å². The molecule has 0 saturated carbocycles. The smallest absolute Gasteiger partial charge is 0.257 e. The van der Waals surface area contributed by atoms with Gasteiger partial charge in [-0.25, -0.2) is 0 Å². The van der Waals surface area contributed by atoms with Crippen molar-refractivity contribution in [3.8, 4) is 0 Å². The van der Waals surface area contributed by atoms with Crippen LogP contribution in [0.3, 0.4) is 0 Å². The highest BCUT2D eigenvalue weighted by Crippen LogP contribution is 2.31. The molecule has 3 rings (SSSR count). The maximum Gasteiger partial charge on any atom is 0.257 e. The van der Waals surface area contributed by atoms with Gasteiger partial charge in [0.1, 0.15) is 0 Å². The fraction of sp³-hybridized carbons (Fsp3) is 0.118. The van der Waals surface area contributed by atoms with E-state index in [1.807, 2.05) is 31.2 Å². The van der Waals surface area contributed by atoms with Gasteiger partial charge >= 0.3 is 0 Å². The number of rotatable bonds is 5. The van der Waals surface area contributed by atoms with Gasteiger partial charge in [-0.3, -0.25) is 10.1 Å². The summed E-state index contributed by atoms with van der Waals surface area (Å²) < 4.78 is 0.756. The van der Waals surface area contributed by atoms with E-state index in [1.165, 1.54) is 23.1 Å². The molecule has 0 bridgehead atoms. The second-order valence-electron chi connectivity index (χ2n) is 5.17. The van der Waals surface area contributed by atoms with Crippen LogP contribution >= 0.6 is 46.3 Å². The number of benzene rings is 2. The predicted octanol–water partition coefficient (Wildman–Crippen LogP) is 5.70. The van der Waals surface area contributed by atoms with Gasteiger partial charge in [-0.15, -0.1) is 10.2 Å². The lowest BCUT2D eigenvalue weighted by molar-refractivity contribution is 0.102. The summed E-state index contributed by atoms with van der Waals surface area (Å²) in [7, 11) is 0. The number of hydrogen-bond donors (Lipinski definition) is 1. The normalized spacial score (nSPS) is 10.7. The van der Waals surface area contributed by atoms with Crippen LogP contribution in [-0.4, -0.2) is 16.1 Å². The molecule has 0 atom stereocenters. The van der Waals surface area contributed by atoms with Gasteiger partial charge in [0.05, 0.1) is 0 Å². The van der Waals surface area contributed by atoms with Crippen molar-refractivity contribution in [2.24, 2.45) is 0 Å². The van der Waals surface area contributed by atoms with Gasteiger partial charge in [0.15, 0.2) is 4.34 Å². The van der Waals surface area contributed by atoms with Crippen LogP contribution in [0, 0.1) is 6.92 Å². The Morgan fingerprint density at radius 1 is 1.20 bits per heavy atom. The van der Waals surface area contributed by atoms with E-state index in [1.54, 1.807) is 18.2 Å². The average molecular weight is 410 g/mol. The number of carbonyl (C=O) groups is 1. The molecule has 0 radical (unpaired) electrons. The van der Waals surface area contributed by atoms with Crippen LogP contribution in [0.25, 0.3) is 0 Å². The summed E-state index contributed by atoms with van der Waals surface area (Å²) in [6.07, 6.45) is 0. The summed E-state index contributed by atoms with van der Waals surface area (Å²) >= 11 is 14.9. The van der Waals surface area contributed by atoms with Crippen LogP contribution < -0.4 is 5.32 Å². The molecule has 1 amide bonds. The molecule has 1 N–H and O–H groups in total. The first-order valence-electron chi connectivity index (χ1n) is 7.30. The van der Waals surface area contributed by atoms with Crippen LogP contribution in [0.1, 0.15) is 21.5 Å². The Morgan fingerprint density at radius 2 is 2.00 bits per heavy atom. The summed E-state index contributed by atoms with van der Waals surface area (Å²) in [6, 6.07) is 12.8. The Labute approximate surface area is 163 Å². The van der Waals surface area contributed by atoms with Crippen molar-refractivity contribution in [1.82, 2.24) is 10.2 Å². The molecule has 2 aromatic carbocycles. The van der Waals surface area contributed by atoms with Gasteiger partial charge < -0.3 is 0 Å². The summed E-state index contributed by atoms with van der Waals surface area (Å²) in [4.78, 5) is 12.3. The van der Waals surface area contributed by atoms with Crippen LogP contribution in [0.4, 0.5) is 5.13 Å². The SMILES string of the molecule is Cc1ccccc1C(=O)Nc1nnc(SCc2ccc(Cl)cc2Cl)s1. The number of aryl methyl sites for hydroxylation is 1. The molecule has 0 fully saturated rings. The highest BCUT2D eigenvalue weighted by atomic mass is 35.5. The van der Waals surface area contributed by atoms with Gasteiger partial charge in [0, 0.05) is 21.4 Å². The largest absolute Gasteiger partial charge is 0.296 e. The van der Waals surface area contributed by atoms with Gasteiger partial charge in [-0.1, -0.05) is 70.6 Å². The number of halogens is 2. The van der Waals surface area contributed by atoms with Gasteiger partial charge in [-0.2, -0.15) is 0 Å². The zero-order valence-electron chi connectivity index (χ0n) is 13.1. The topological polar surface area (TPSA) is 54.9 Å². The lowest BCUT2D eigenvalue weighted by Crippen LogP contribution is -2.12. The molecular formula is C17H13Cl2N3OS2. The van der Waals surface area contributed by atoms with Crippen molar-refractivity contribution >= 4 is 57.3 Å². The van der Waals surface area contributed by atoms with Crippen molar-refractivity contribution in [2.75, 3.05) is 5.32 Å². The summed E-state index contributed by atoms with van der Waals surface area (Å²) in [5.41, 5.74) is 2.51. The summed E-state index contributed by atoms with van der Waals surface area (Å²) in [6.45, 7) is 1.89. The second-order valence-corrected chi connectivity index (χ2v) is 8.21. The molecule has 1 heterocycles. The van der Waals surface area contributed by atoms with E-state index < -0.39 is 0 Å². The lowest BCUT2D eigenvalue weighted by atomic mass is 10.1. The monoisotopic (exact) mass is 409 g/mol. The average Bonchev–Trinajstić information content (AvgIpc) is 3.02. The number of aromatic nitrogens is 2. The molecule has 0 aliphatic rings. The van der Waals surface area contributed by atoms with E-state index in [0.29, 0.717) is 26.5 Å². The zero-order valence-corrected chi connectivity index (χ0v) is 16.3. The van der Waals surface area contributed by atoms with Crippen LogP contribution in [0.5, 0.6) is 0 Å². The predicted molar refractivity (Wildman–Crippen MR) is 105 cm³/mol. The molecule has 3 aromatic rings. The molecule has 25 heavy (non-hydrogen) atoms. The maximum atomic E-state index is 12.3. The van der Waals surface area contributed by atoms with Crippen LogP contribution in [0.15, 0.2) is 46.8 Å². The first-order chi connectivity index (χ1) is 12.0. The number of nitrogens with one attached hydrogen (secondary N) is 1. The van der Waals surface area contributed by atoms with Gasteiger partial charge in [0.2, 0.25) is 5.13 Å². The van der Waals surface area contributed by atoms with Crippen LogP contribution in [0.2, 0.25) is 10.0 Å². The van der Waals surface area contributed by atoms with Crippen molar-refractivity contribution < 1.29 is 4.79 Å². The minimum absolute atomic E-state index is 0.188. The first-order valence-corrected chi connectivity index (χ1v) is 9.86. The Balaban J connectivity index is 1.62. The van der Waals surface area contributed by atoms with Crippen molar-refractivity contribution in [3.05, 3.63) is 69.2 Å². The fourth-order valence-corrected chi connectivity index (χ4v) is 4.39. The number of thioether (sulfide) groups is 1. The van der Waals surface area contributed by atoms with Gasteiger partial charge in [0.25, 0.3) is 5.91 Å². The maximum absolute atomic E-state index is 12.3. The fourth-order valence-electron chi connectivity index (χ4n) is 2.09. The standard InChI is InChI=1S/C17H13Cl2N3OS2/c1-10-4-2-3-5-13(10)15(23)20-16-21-22-17(25-16)24-9-11-6-7-12(18)8-14(11)19/h2-8H,9H2,1H3,(H,20,21,23). The van der Waals surface area contributed by atoms with E-state index in [9.17, 15) is 4.79 Å². The molecule has 0 aliphatic heterocycles. The number of hydrogen-bond acceptors (Lipinski definition) is 5. The Hall–Kier alpha value is -1.60. The number of nitrogens with zero attached hydrogens (tertiary/aromatic N) is 2. The third-order valence-electron chi connectivity index (χ3n) is 3.38. The van der Waals surface area contributed by atoms with E-state index >= 15 is 0 Å². The summed E-state index contributed by atoms with van der Waals surface area (Å²) in [5.74, 6) is 0.461. The Kier molecular flexibility index (Phi) is 5.96. The van der Waals surface area contributed by atoms with Gasteiger partial charge in [-0.05, 0) is 36.2 Å². The minimum atomic E-state index is -0.188. The third-order valence-corrected chi connectivity index (χ3v) is 5.99. The molecular weight excluding hydrogens is 397 g/mol. The molecule has 0 aliphatic carbocycles. The lowest BCUT2D eigenvalue weighted by Gasteiger charge is -2.04. The van der Waals surface area contributed by atoms with Crippen molar-refractivity contribution in [2.45, 2.75) is 17.0 Å². The van der Waals surface area contributed by atoms with Crippen LogP contribution in [-0.2, 0) is 5.75 Å². The summed E-state index contributed by atoms with van der Waals surface area (Å²) in [5, 5.41) is 12.6. The van der Waals surface area contributed by atoms with E-state index in [-0.39, 0.29) is 5.91 Å². The van der Waals surface area contributed by atoms with Crippen molar-refractivity contribution in [3.63, 3.8) is 0 Å². The molecule has 8 heteroatoms. The highest BCUT2D eigenvalue weighted by molar-refractivity contribution is 8.00. The highest BCUT2D eigenvalue weighted by Gasteiger charge is 2.12. The second kappa shape index (κ2) is 8.19. The van der Waals surface area contributed by atoms with E-state index in [0.717, 1.165) is 15.5 Å². The van der Waals surface area contributed by atoms with E-state index in [2.05, 4.69) is 15.5 Å². The number of anilines is 1. The molecule has 0 saturated heterocycles. The molecule has 1 aromatic heterocycles. The molecule has 4 nitrogen and oxygen atoms in total. The zero-order chi connectivity index (χ0) is 17.8. The number of carbonyl (C=O) groups excluding carboxylic acids is 1.